The first-order valence-corrected chi connectivity index (χ1v) is 20.0. The lowest BCUT2D eigenvalue weighted by molar-refractivity contribution is -0.135. The molecule has 0 saturated carbocycles. The fourth-order valence-electron chi connectivity index (χ4n) is 6.40. The molecule has 6 N–H and O–H groups in total. The molecule has 4 amide bonds. The standard InChI is InChI=1S/C42H66N4O6/c1-5-8-11-14-17-19-22-32-25-27-37(47)35(29-32)41(51)45-43-39(49)31(4)34(24-21-16-13-10-7-3)40(50)44-46-42(52)36-30-33(26-28-38(36)48)23-20-18-15-12-9-6-2/h25-31,34,47-48H,5-24H2,1-4H3,(H,43,49)(H,44,50)(H,45,51)(H,46,52). The van der Waals surface area contributed by atoms with Crippen molar-refractivity contribution in [2.24, 2.45) is 11.8 Å². The van der Waals surface area contributed by atoms with Crippen LogP contribution in [0.4, 0.5) is 0 Å². The first-order chi connectivity index (χ1) is 25.1. The van der Waals surface area contributed by atoms with Crippen LogP contribution in [0.15, 0.2) is 36.4 Å². The summed E-state index contributed by atoms with van der Waals surface area (Å²) in [6.07, 6.45) is 20.5. The van der Waals surface area contributed by atoms with Crippen molar-refractivity contribution in [3.05, 3.63) is 58.7 Å². The summed E-state index contributed by atoms with van der Waals surface area (Å²) in [6, 6.07) is 9.88. The molecular formula is C42H66N4O6. The van der Waals surface area contributed by atoms with Gasteiger partial charge in [-0.25, -0.2) is 0 Å². The van der Waals surface area contributed by atoms with E-state index in [1.165, 1.54) is 63.5 Å². The highest BCUT2D eigenvalue weighted by atomic mass is 16.3. The Morgan fingerprint density at radius 2 is 0.904 bits per heavy atom. The maximum atomic E-state index is 13.5. The van der Waals surface area contributed by atoms with Crippen molar-refractivity contribution in [3.8, 4) is 11.5 Å². The molecule has 0 aromatic heterocycles. The van der Waals surface area contributed by atoms with Gasteiger partial charge in [-0.05, 0) is 67.5 Å². The third kappa shape index (κ3) is 16.5. The molecule has 2 atom stereocenters. The summed E-state index contributed by atoms with van der Waals surface area (Å²) in [5, 5.41) is 20.8. The Kier molecular flexibility index (Phi) is 21.9. The summed E-state index contributed by atoms with van der Waals surface area (Å²) in [4.78, 5) is 52.8. The maximum absolute atomic E-state index is 13.5. The highest BCUT2D eigenvalue weighted by Gasteiger charge is 2.31. The van der Waals surface area contributed by atoms with Crippen molar-refractivity contribution < 1.29 is 29.4 Å². The number of aromatic hydroxyl groups is 2. The number of aryl methyl sites for hydroxylation is 2. The minimum absolute atomic E-state index is 0.0589. The zero-order valence-corrected chi connectivity index (χ0v) is 32.3. The number of rotatable bonds is 25. The molecular weight excluding hydrogens is 656 g/mol. The Morgan fingerprint density at radius 1 is 0.519 bits per heavy atom. The van der Waals surface area contributed by atoms with E-state index in [2.05, 4.69) is 42.5 Å². The second-order valence-corrected chi connectivity index (χ2v) is 14.2. The third-order valence-electron chi connectivity index (χ3n) is 9.82. The molecule has 290 valence electrons. The maximum Gasteiger partial charge on any atom is 0.273 e. The van der Waals surface area contributed by atoms with Gasteiger partial charge in [0.25, 0.3) is 11.8 Å². The second kappa shape index (κ2) is 25.8. The average Bonchev–Trinajstić information content (AvgIpc) is 3.14. The van der Waals surface area contributed by atoms with E-state index in [0.717, 1.165) is 75.3 Å². The summed E-state index contributed by atoms with van der Waals surface area (Å²) >= 11 is 0. The molecule has 0 spiro atoms. The molecule has 10 nitrogen and oxygen atoms in total. The van der Waals surface area contributed by atoms with Gasteiger partial charge in [-0.1, -0.05) is 136 Å². The van der Waals surface area contributed by atoms with Gasteiger partial charge in [0, 0.05) is 5.92 Å². The average molecular weight is 723 g/mol. The van der Waals surface area contributed by atoms with Crippen molar-refractivity contribution in [1.29, 1.82) is 0 Å². The Bertz CT molecular complexity index is 1380. The predicted octanol–water partition coefficient (Wildman–Crippen LogP) is 8.74. The van der Waals surface area contributed by atoms with E-state index < -0.39 is 35.5 Å². The van der Waals surface area contributed by atoms with E-state index in [0.29, 0.717) is 12.8 Å². The molecule has 0 heterocycles. The number of unbranched alkanes of at least 4 members (excludes halogenated alkanes) is 14. The monoisotopic (exact) mass is 722 g/mol. The van der Waals surface area contributed by atoms with Crippen LogP contribution in [0, 0.1) is 11.8 Å². The number of benzene rings is 2. The van der Waals surface area contributed by atoms with E-state index >= 15 is 0 Å². The van der Waals surface area contributed by atoms with Crippen LogP contribution in [0.1, 0.15) is 175 Å². The number of carbonyl (C=O) groups is 4. The van der Waals surface area contributed by atoms with Crippen LogP contribution in [-0.2, 0) is 22.4 Å². The SMILES string of the molecule is CCCCCCCCc1ccc(O)c(C(=O)NNC(=O)C(C)C(CCCCCCC)C(=O)NNC(=O)c2cc(CCCCCCCC)ccc2O)c1. The molecule has 0 saturated heterocycles. The molecule has 2 aromatic carbocycles. The van der Waals surface area contributed by atoms with Crippen molar-refractivity contribution in [1.82, 2.24) is 21.7 Å². The summed E-state index contributed by atoms with van der Waals surface area (Å²) in [7, 11) is 0. The van der Waals surface area contributed by atoms with Gasteiger partial charge < -0.3 is 10.2 Å². The van der Waals surface area contributed by atoms with Crippen LogP contribution in [0.3, 0.4) is 0 Å². The quantitative estimate of drug-likeness (QED) is 0.0445. The lowest BCUT2D eigenvalue weighted by Crippen LogP contribution is -2.50. The second-order valence-electron chi connectivity index (χ2n) is 14.2. The summed E-state index contributed by atoms with van der Waals surface area (Å²) < 4.78 is 0. The zero-order chi connectivity index (χ0) is 38.1. The van der Waals surface area contributed by atoms with Gasteiger partial charge in [0.05, 0.1) is 17.0 Å². The normalized spacial score (nSPS) is 12.2. The van der Waals surface area contributed by atoms with Crippen LogP contribution in [0.5, 0.6) is 11.5 Å². The molecule has 0 aliphatic heterocycles. The number of carbonyl (C=O) groups excluding carboxylic acids is 4. The Hall–Kier alpha value is -4.08. The number of hydrogen-bond donors (Lipinski definition) is 6. The minimum Gasteiger partial charge on any atom is -0.507 e. The molecule has 2 unspecified atom stereocenters. The highest BCUT2D eigenvalue weighted by molar-refractivity contribution is 5.99. The number of hydrogen-bond acceptors (Lipinski definition) is 6. The Morgan fingerprint density at radius 3 is 1.35 bits per heavy atom. The number of phenolic OH excluding ortho intramolecular Hbond substituents is 2. The number of phenols is 2. The zero-order valence-electron chi connectivity index (χ0n) is 32.3. The molecule has 0 fully saturated rings. The van der Waals surface area contributed by atoms with Crippen molar-refractivity contribution in [2.45, 2.75) is 156 Å². The lowest BCUT2D eigenvalue weighted by Gasteiger charge is -2.23. The summed E-state index contributed by atoms with van der Waals surface area (Å²) in [5.74, 6) is -4.46. The van der Waals surface area contributed by atoms with Crippen LogP contribution < -0.4 is 21.7 Å². The van der Waals surface area contributed by atoms with Gasteiger partial charge in [0.15, 0.2) is 0 Å². The van der Waals surface area contributed by atoms with Crippen LogP contribution in [-0.4, -0.2) is 33.8 Å². The molecule has 52 heavy (non-hydrogen) atoms. The molecule has 0 aliphatic rings. The van der Waals surface area contributed by atoms with E-state index in [-0.39, 0.29) is 22.6 Å². The number of hydrazine groups is 2. The molecule has 10 heteroatoms. The smallest absolute Gasteiger partial charge is 0.273 e. The lowest BCUT2D eigenvalue weighted by atomic mass is 9.87. The molecule has 0 aliphatic carbocycles. The van der Waals surface area contributed by atoms with Gasteiger partial charge in [0.1, 0.15) is 11.5 Å². The van der Waals surface area contributed by atoms with Crippen LogP contribution in [0.25, 0.3) is 0 Å². The Labute approximate surface area is 312 Å². The highest BCUT2D eigenvalue weighted by Crippen LogP contribution is 2.23. The first kappa shape index (κ1) is 44.1. The third-order valence-corrected chi connectivity index (χ3v) is 9.82. The van der Waals surface area contributed by atoms with Gasteiger partial charge in [-0.2, -0.15) is 0 Å². The topological polar surface area (TPSA) is 157 Å². The van der Waals surface area contributed by atoms with Gasteiger partial charge >= 0.3 is 0 Å². The number of amides is 4. The van der Waals surface area contributed by atoms with Crippen molar-refractivity contribution >= 4 is 23.6 Å². The molecule has 0 radical (unpaired) electrons. The van der Waals surface area contributed by atoms with Crippen molar-refractivity contribution in [2.75, 3.05) is 0 Å². The minimum atomic E-state index is -0.856. The summed E-state index contributed by atoms with van der Waals surface area (Å²) in [6.45, 7) is 8.10. The van der Waals surface area contributed by atoms with E-state index in [9.17, 15) is 29.4 Å². The number of nitrogens with one attached hydrogen (secondary N) is 4. The fraction of sp³-hybridized carbons (Fsp3) is 0.619. The van der Waals surface area contributed by atoms with Crippen molar-refractivity contribution in [3.63, 3.8) is 0 Å². The van der Waals surface area contributed by atoms with E-state index in [4.69, 9.17) is 0 Å². The fourth-order valence-corrected chi connectivity index (χ4v) is 6.40. The van der Waals surface area contributed by atoms with Crippen LogP contribution >= 0.6 is 0 Å². The first-order valence-electron chi connectivity index (χ1n) is 20.0. The summed E-state index contributed by atoms with van der Waals surface area (Å²) in [5.41, 5.74) is 11.7. The molecule has 2 rings (SSSR count). The Balaban J connectivity index is 2.01. The van der Waals surface area contributed by atoms with E-state index in [1.807, 2.05) is 0 Å². The molecule has 2 aromatic rings. The van der Waals surface area contributed by atoms with Gasteiger partial charge in [-0.15, -0.1) is 0 Å². The largest absolute Gasteiger partial charge is 0.507 e. The predicted molar refractivity (Wildman–Crippen MR) is 208 cm³/mol. The van der Waals surface area contributed by atoms with Gasteiger partial charge in [-0.3, -0.25) is 40.9 Å². The molecule has 0 bridgehead atoms. The van der Waals surface area contributed by atoms with Gasteiger partial charge in [0.2, 0.25) is 11.8 Å². The van der Waals surface area contributed by atoms with Crippen LogP contribution in [0.2, 0.25) is 0 Å². The van der Waals surface area contributed by atoms with E-state index in [1.54, 1.807) is 31.2 Å².